The maximum absolute atomic E-state index is 5.77. The Morgan fingerprint density at radius 2 is 2.27 bits per heavy atom. The Balaban J connectivity index is 2.10. The third kappa shape index (κ3) is 5.90. The molecular formula is C11H17ClN2S. The van der Waals surface area contributed by atoms with Crippen LogP contribution in [0.1, 0.15) is 19.3 Å². The highest BCUT2D eigenvalue weighted by Crippen LogP contribution is 2.12. The molecule has 0 bridgehead atoms. The summed E-state index contributed by atoms with van der Waals surface area (Å²) in [5.41, 5.74) is 1.06. The molecule has 0 atom stereocenters. The highest BCUT2D eigenvalue weighted by Gasteiger charge is 1.93. The quantitative estimate of drug-likeness (QED) is 0.585. The topological polar surface area (TPSA) is 24.9 Å². The molecular weight excluding hydrogens is 228 g/mol. The number of unbranched alkanes of at least 4 members (excludes halogenated alkanes) is 2. The number of hydrogen-bond acceptors (Lipinski definition) is 3. The van der Waals surface area contributed by atoms with Crippen molar-refractivity contribution in [1.82, 2.24) is 4.98 Å². The highest BCUT2D eigenvalue weighted by molar-refractivity contribution is 7.98. The van der Waals surface area contributed by atoms with Crippen molar-refractivity contribution in [3.8, 4) is 0 Å². The lowest BCUT2D eigenvalue weighted by molar-refractivity contribution is 0.750. The molecule has 0 amide bonds. The lowest BCUT2D eigenvalue weighted by Gasteiger charge is -2.05. The number of anilines is 1. The van der Waals surface area contributed by atoms with Crippen LogP contribution in [0, 0.1) is 0 Å². The van der Waals surface area contributed by atoms with E-state index >= 15 is 0 Å². The monoisotopic (exact) mass is 244 g/mol. The number of nitrogens with one attached hydrogen (secondary N) is 1. The molecule has 1 N–H and O–H groups in total. The highest BCUT2D eigenvalue weighted by atomic mass is 35.5. The number of thioether (sulfide) groups is 1. The summed E-state index contributed by atoms with van der Waals surface area (Å²) in [6.45, 7) is 1.01. The van der Waals surface area contributed by atoms with Crippen molar-refractivity contribution in [2.24, 2.45) is 0 Å². The van der Waals surface area contributed by atoms with Gasteiger partial charge in [0.1, 0.15) is 5.15 Å². The van der Waals surface area contributed by atoms with Gasteiger partial charge in [-0.05, 0) is 37.0 Å². The third-order valence-corrected chi connectivity index (χ3v) is 2.98. The van der Waals surface area contributed by atoms with E-state index in [1.807, 2.05) is 23.9 Å². The maximum Gasteiger partial charge on any atom is 0.131 e. The fraction of sp³-hybridized carbons (Fsp3) is 0.545. The number of halogens is 1. The number of pyridine rings is 1. The maximum atomic E-state index is 5.77. The van der Waals surface area contributed by atoms with Crippen LogP contribution in [-0.4, -0.2) is 23.5 Å². The van der Waals surface area contributed by atoms with Crippen LogP contribution in [0.5, 0.6) is 0 Å². The molecule has 2 nitrogen and oxygen atoms in total. The Morgan fingerprint density at radius 3 is 3.00 bits per heavy atom. The van der Waals surface area contributed by atoms with Crippen molar-refractivity contribution in [2.75, 3.05) is 23.9 Å². The minimum atomic E-state index is 0.544. The number of hydrogen-bond donors (Lipinski definition) is 1. The van der Waals surface area contributed by atoms with Crippen LogP contribution >= 0.6 is 23.4 Å². The third-order valence-electron chi connectivity index (χ3n) is 2.08. The average molecular weight is 245 g/mol. The Labute approximate surface area is 101 Å². The van der Waals surface area contributed by atoms with E-state index in [9.17, 15) is 0 Å². The van der Waals surface area contributed by atoms with E-state index in [0.29, 0.717) is 5.15 Å². The lowest BCUT2D eigenvalue weighted by atomic mass is 10.2. The number of rotatable bonds is 7. The van der Waals surface area contributed by atoms with Crippen LogP contribution in [0.2, 0.25) is 5.15 Å². The Morgan fingerprint density at radius 1 is 1.40 bits per heavy atom. The zero-order valence-corrected chi connectivity index (χ0v) is 10.6. The molecule has 0 saturated carbocycles. The van der Waals surface area contributed by atoms with Gasteiger partial charge >= 0.3 is 0 Å². The molecule has 0 aliphatic carbocycles. The molecule has 1 aromatic heterocycles. The summed E-state index contributed by atoms with van der Waals surface area (Å²) in [6.07, 6.45) is 7.67. The zero-order chi connectivity index (χ0) is 10.9. The van der Waals surface area contributed by atoms with E-state index in [-0.39, 0.29) is 0 Å². The summed E-state index contributed by atoms with van der Waals surface area (Å²) < 4.78 is 0. The van der Waals surface area contributed by atoms with Gasteiger partial charge in [-0.15, -0.1) is 0 Å². The van der Waals surface area contributed by atoms with Gasteiger partial charge in [0.15, 0.2) is 0 Å². The van der Waals surface area contributed by atoms with Crippen LogP contribution in [0.15, 0.2) is 18.3 Å². The molecule has 0 saturated heterocycles. The fourth-order valence-electron chi connectivity index (χ4n) is 1.29. The van der Waals surface area contributed by atoms with Crippen LogP contribution in [-0.2, 0) is 0 Å². The second-order valence-electron chi connectivity index (χ2n) is 3.35. The minimum absolute atomic E-state index is 0.544. The predicted molar refractivity (Wildman–Crippen MR) is 70.0 cm³/mol. The first kappa shape index (κ1) is 12.7. The van der Waals surface area contributed by atoms with Gasteiger partial charge in [-0.1, -0.05) is 18.0 Å². The van der Waals surface area contributed by atoms with Gasteiger partial charge in [0.25, 0.3) is 0 Å². The molecule has 0 aliphatic heterocycles. The van der Waals surface area contributed by atoms with E-state index in [0.717, 1.165) is 12.2 Å². The first-order chi connectivity index (χ1) is 7.33. The molecule has 0 unspecified atom stereocenters. The molecule has 0 aliphatic rings. The standard InChI is InChI=1S/C11H17ClN2S/c1-15-8-4-2-3-6-13-10-5-7-14-11(12)9-10/h5,7,9H,2-4,6,8H2,1H3,(H,13,14). The summed E-state index contributed by atoms with van der Waals surface area (Å²) in [7, 11) is 0. The van der Waals surface area contributed by atoms with Crippen LogP contribution < -0.4 is 5.32 Å². The normalized spacial score (nSPS) is 10.3. The number of aromatic nitrogens is 1. The van der Waals surface area contributed by atoms with Crippen molar-refractivity contribution >= 4 is 29.1 Å². The van der Waals surface area contributed by atoms with E-state index in [1.54, 1.807) is 6.20 Å². The molecule has 4 heteroatoms. The summed E-state index contributed by atoms with van der Waals surface area (Å²) in [4.78, 5) is 3.93. The van der Waals surface area contributed by atoms with Gasteiger partial charge in [-0.2, -0.15) is 11.8 Å². The van der Waals surface area contributed by atoms with Gasteiger partial charge in [0.05, 0.1) is 0 Å². The zero-order valence-electron chi connectivity index (χ0n) is 9.00. The molecule has 0 aromatic carbocycles. The van der Waals surface area contributed by atoms with Crippen molar-refractivity contribution in [2.45, 2.75) is 19.3 Å². The minimum Gasteiger partial charge on any atom is -0.385 e. The summed E-state index contributed by atoms with van der Waals surface area (Å²) >= 11 is 7.68. The SMILES string of the molecule is CSCCCCCNc1ccnc(Cl)c1. The van der Waals surface area contributed by atoms with Gasteiger partial charge in [-0.25, -0.2) is 4.98 Å². The van der Waals surface area contributed by atoms with E-state index in [2.05, 4.69) is 16.6 Å². The molecule has 0 fully saturated rings. The molecule has 0 radical (unpaired) electrons. The van der Waals surface area contributed by atoms with Crippen LogP contribution in [0.3, 0.4) is 0 Å². The summed E-state index contributed by atoms with van der Waals surface area (Å²) in [5, 5.41) is 3.88. The Kier molecular flexibility index (Phi) is 6.60. The lowest BCUT2D eigenvalue weighted by Crippen LogP contribution is -2.01. The Bertz CT molecular complexity index is 281. The van der Waals surface area contributed by atoms with Crippen molar-refractivity contribution in [1.29, 1.82) is 0 Å². The molecule has 1 rings (SSSR count). The van der Waals surface area contributed by atoms with E-state index in [1.165, 1.54) is 25.0 Å². The molecule has 15 heavy (non-hydrogen) atoms. The van der Waals surface area contributed by atoms with Crippen LogP contribution in [0.4, 0.5) is 5.69 Å². The molecule has 0 spiro atoms. The largest absolute Gasteiger partial charge is 0.385 e. The first-order valence-corrected chi connectivity index (χ1v) is 6.94. The summed E-state index contributed by atoms with van der Waals surface area (Å²) in [6, 6.07) is 3.79. The fourth-order valence-corrected chi connectivity index (χ4v) is 1.96. The first-order valence-electron chi connectivity index (χ1n) is 5.17. The van der Waals surface area contributed by atoms with E-state index in [4.69, 9.17) is 11.6 Å². The Hall–Kier alpha value is -0.410. The second kappa shape index (κ2) is 7.83. The van der Waals surface area contributed by atoms with Crippen molar-refractivity contribution < 1.29 is 0 Å². The van der Waals surface area contributed by atoms with Gasteiger partial charge in [-0.3, -0.25) is 0 Å². The van der Waals surface area contributed by atoms with Gasteiger partial charge in [0.2, 0.25) is 0 Å². The smallest absolute Gasteiger partial charge is 0.131 e. The predicted octanol–water partition coefficient (Wildman–Crippen LogP) is 3.68. The van der Waals surface area contributed by atoms with Gasteiger partial charge < -0.3 is 5.32 Å². The van der Waals surface area contributed by atoms with Crippen molar-refractivity contribution in [3.05, 3.63) is 23.5 Å². The number of nitrogens with zero attached hydrogens (tertiary/aromatic N) is 1. The average Bonchev–Trinajstić information content (AvgIpc) is 2.23. The van der Waals surface area contributed by atoms with Gasteiger partial charge in [0, 0.05) is 18.4 Å². The van der Waals surface area contributed by atoms with Crippen molar-refractivity contribution in [3.63, 3.8) is 0 Å². The molecule has 1 aromatic rings. The van der Waals surface area contributed by atoms with Crippen LogP contribution in [0.25, 0.3) is 0 Å². The molecule has 84 valence electrons. The molecule has 1 heterocycles. The van der Waals surface area contributed by atoms with E-state index < -0.39 is 0 Å². The second-order valence-corrected chi connectivity index (χ2v) is 4.72. The summed E-state index contributed by atoms with van der Waals surface area (Å²) in [5.74, 6) is 1.26.